The van der Waals surface area contributed by atoms with E-state index >= 15 is 0 Å². The van der Waals surface area contributed by atoms with Gasteiger partial charge in [-0.1, -0.05) is 70.4 Å². The molecule has 0 saturated carbocycles. The van der Waals surface area contributed by atoms with Gasteiger partial charge in [-0.25, -0.2) is 4.79 Å². The van der Waals surface area contributed by atoms with Gasteiger partial charge in [-0.05, 0) is 32.1 Å². The van der Waals surface area contributed by atoms with Crippen LogP contribution < -0.4 is 0 Å². The first-order chi connectivity index (χ1) is 15.2. The summed E-state index contributed by atoms with van der Waals surface area (Å²) in [5.41, 5.74) is -2.80. The van der Waals surface area contributed by atoms with Crippen molar-refractivity contribution in [2.24, 2.45) is 0 Å². The van der Waals surface area contributed by atoms with E-state index < -0.39 is 42.3 Å². The molecule has 0 aliphatic rings. The number of aliphatic hydroxyl groups is 1. The topological polar surface area (TPSA) is 138 Å². The summed E-state index contributed by atoms with van der Waals surface area (Å²) in [5, 5.41) is 27.3. The van der Waals surface area contributed by atoms with Crippen molar-refractivity contribution in [3.8, 4) is 0 Å². The van der Waals surface area contributed by atoms with E-state index in [1.165, 1.54) is 38.5 Å². The number of aliphatic carboxylic acids is 2. The molecule has 33 heavy (non-hydrogen) atoms. The number of esters is 2. The number of carbonyl (C=O) groups is 4. The quantitative estimate of drug-likeness (QED) is 0.0777. The minimum atomic E-state index is -2.80. The van der Waals surface area contributed by atoms with Crippen LogP contribution in [0.15, 0.2) is 12.2 Å². The molecule has 186 valence electrons. The van der Waals surface area contributed by atoms with Crippen molar-refractivity contribution in [3.63, 3.8) is 0 Å². The van der Waals surface area contributed by atoms with Crippen molar-refractivity contribution < 1.29 is 39.2 Å². The first-order valence-electron chi connectivity index (χ1n) is 11.8. The zero-order valence-electron chi connectivity index (χ0n) is 19.4. The number of unbranched alkanes of at least 4 members (excludes halogenated alkanes) is 11. The van der Waals surface area contributed by atoms with E-state index in [-0.39, 0.29) is 36.0 Å². The second kappa shape index (κ2) is 21.3. The van der Waals surface area contributed by atoms with Crippen molar-refractivity contribution in [2.45, 2.75) is 115 Å². The van der Waals surface area contributed by atoms with Crippen LogP contribution in [0.4, 0.5) is 0 Å². The Morgan fingerprint density at radius 3 is 1.70 bits per heavy atom. The molecule has 0 aromatic carbocycles. The molecule has 0 rings (SSSR count). The standard InChI is InChI=1S/C24H40O8.Na.H/c1-2-3-4-5-6-7-8-9-10-11-12-13-14-15-16-17-21(27)32-22(28)19-24(31,23(29)30)18-20(25)26;;/h9-10,31H,2-8,11-19H2,1H3,(H,25,26)(H,29,30);;/b10-9-;;. The van der Waals surface area contributed by atoms with E-state index in [1.54, 1.807) is 0 Å². The van der Waals surface area contributed by atoms with Gasteiger partial charge in [0.05, 0.1) is 12.8 Å². The average molecular weight is 481 g/mol. The third-order valence-corrected chi connectivity index (χ3v) is 5.15. The summed E-state index contributed by atoms with van der Waals surface area (Å²) >= 11 is 0. The fourth-order valence-corrected chi connectivity index (χ4v) is 3.26. The van der Waals surface area contributed by atoms with E-state index in [2.05, 4.69) is 23.8 Å². The first-order valence-corrected chi connectivity index (χ1v) is 11.8. The van der Waals surface area contributed by atoms with Crippen LogP contribution in [0.2, 0.25) is 0 Å². The summed E-state index contributed by atoms with van der Waals surface area (Å²) in [7, 11) is 0. The second-order valence-corrected chi connectivity index (χ2v) is 8.26. The maximum absolute atomic E-state index is 11.7. The molecular formula is C24H41NaO8. The predicted molar refractivity (Wildman–Crippen MR) is 127 cm³/mol. The van der Waals surface area contributed by atoms with Crippen LogP contribution in [0.3, 0.4) is 0 Å². The summed E-state index contributed by atoms with van der Waals surface area (Å²) in [4.78, 5) is 45.0. The Labute approximate surface area is 219 Å². The van der Waals surface area contributed by atoms with Crippen LogP contribution in [-0.4, -0.2) is 74.4 Å². The number of allylic oxidation sites excluding steroid dienone is 2. The fourth-order valence-electron chi connectivity index (χ4n) is 3.26. The molecule has 3 N–H and O–H groups in total. The van der Waals surface area contributed by atoms with Gasteiger partial charge in [-0.15, -0.1) is 0 Å². The van der Waals surface area contributed by atoms with E-state index in [4.69, 9.17) is 10.2 Å². The van der Waals surface area contributed by atoms with Gasteiger partial charge in [0.2, 0.25) is 0 Å². The SMILES string of the molecule is CCCCCCCC/C=C\CCCCCCCC(=O)OC(=O)CC(O)(CC(=O)O)C(=O)O.[NaH]. The Morgan fingerprint density at radius 1 is 0.727 bits per heavy atom. The van der Waals surface area contributed by atoms with Crippen molar-refractivity contribution in [3.05, 3.63) is 12.2 Å². The molecule has 0 saturated heterocycles. The number of ether oxygens (including phenoxy) is 1. The van der Waals surface area contributed by atoms with Crippen molar-refractivity contribution in [1.29, 1.82) is 0 Å². The Morgan fingerprint density at radius 2 is 1.21 bits per heavy atom. The Bertz CT molecular complexity index is 605. The van der Waals surface area contributed by atoms with Gasteiger partial charge in [0, 0.05) is 6.42 Å². The number of carbonyl (C=O) groups excluding carboxylic acids is 2. The second-order valence-electron chi connectivity index (χ2n) is 8.26. The fraction of sp³-hybridized carbons (Fsp3) is 0.750. The van der Waals surface area contributed by atoms with Gasteiger partial charge >= 0.3 is 53.4 Å². The first kappa shape index (κ1) is 34.0. The van der Waals surface area contributed by atoms with Crippen LogP contribution in [0.25, 0.3) is 0 Å². The number of carboxylic acid groups (broad SMARTS) is 2. The average Bonchev–Trinajstić information content (AvgIpc) is 2.69. The van der Waals surface area contributed by atoms with Crippen LogP contribution in [0.5, 0.6) is 0 Å². The number of hydrogen-bond acceptors (Lipinski definition) is 6. The molecule has 0 aromatic heterocycles. The minimum absolute atomic E-state index is 0. The van der Waals surface area contributed by atoms with E-state index in [0.29, 0.717) is 6.42 Å². The van der Waals surface area contributed by atoms with Gasteiger partial charge in [-0.2, -0.15) is 0 Å². The molecule has 1 atom stereocenters. The van der Waals surface area contributed by atoms with E-state index in [0.717, 1.165) is 38.5 Å². The molecule has 0 aliphatic heterocycles. The normalized spacial score (nSPS) is 12.7. The van der Waals surface area contributed by atoms with Crippen molar-refractivity contribution in [1.82, 2.24) is 0 Å². The van der Waals surface area contributed by atoms with Gasteiger partial charge < -0.3 is 20.1 Å². The third kappa shape index (κ3) is 19.9. The molecule has 0 radical (unpaired) electrons. The number of hydrogen-bond donors (Lipinski definition) is 3. The van der Waals surface area contributed by atoms with Crippen molar-refractivity contribution in [2.75, 3.05) is 0 Å². The Kier molecular flexibility index (Phi) is 21.9. The molecule has 0 amide bonds. The van der Waals surface area contributed by atoms with Crippen molar-refractivity contribution >= 4 is 53.4 Å². The molecule has 0 fully saturated rings. The zero-order chi connectivity index (χ0) is 24.2. The van der Waals surface area contributed by atoms with Gasteiger partial charge in [0.1, 0.15) is 0 Å². The molecule has 9 heteroatoms. The van der Waals surface area contributed by atoms with Crippen LogP contribution in [-0.2, 0) is 23.9 Å². The van der Waals surface area contributed by atoms with Gasteiger partial charge in [0.15, 0.2) is 5.60 Å². The summed E-state index contributed by atoms with van der Waals surface area (Å²) in [5.74, 6) is -5.51. The predicted octanol–water partition coefficient (Wildman–Crippen LogP) is 4.13. The third-order valence-electron chi connectivity index (χ3n) is 5.15. The number of rotatable bonds is 20. The van der Waals surface area contributed by atoms with Crippen LogP contribution >= 0.6 is 0 Å². The van der Waals surface area contributed by atoms with E-state index in [1.807, 2.05) is 0 Å². The van der Waals surface area contributed by atoms with E-state index in [9.17, 15) is 24.3 Å². The molecule has 0 bridgehead atoms. The molecular weight excluding hydrogens is 439 g/mol. The summed E-state index contributed by atoms with van der Waals surface area (Å²) in [6, 6.07) is 0. The van der Waals surface area contributed by atoms with Crippen LogP contribution in [0.1, 0.15) is 110 Å². The Hall–Kier alpha value is -1.22. The number of carboxylic acids is 2. The van der Waals surface area contributed by atoms with Gasteiger partial charge in [-0.3, -0.25) is 14.4 Å². The summed E-state index contributed by atoms with van der Waals surface area (Å²) < 4.78 is 4.49. The molecule has 1 unspecified atom stereocenters. The molecule has 0 aliphatic carbocycles. The maximum atomic E-state index is 11.7. The molecule has 0 spiro atoms. The summed E-state index contributed by atoms with van der Waals surface area (Å²) in [6.45, 7) is 2.22. The summed E-state index contributed by atoms with van der Waals surface area (Å²) in [6.07, 6.45) is 16.7. The zero-order valence-corrected chi connectivity index (χ0v) is 19.4. The monoisotopic (exact) mass is 480 g/mol. The van der Waals surface area contributed by atoms with Crippen LogP contribution in [0, 0.1) is 0 Å². The molecule has 0 aromatic rings. The Balaban J connectivity index is 0. The van der Waals surface area contributed by atoms with Gasteiger partial charge in [0.25, 0.3) is 0 Å². The molecule has 0 heterocycles. The molecule has 8 nitrogen and oxygen atoms in total.